The average molecular weight is 355 g/mol. The first-order valence-corrected chi connectivity index (χ1v) is 10.1. The molecular formula is C24H34O2. The van der Waals surface area contributed by atoms with Crippen molar-refractivity contribution < 1.29 is 9.84 Å². The fourth-order valence-corrected chi connectivity index (χ4v) is 4.28. The van der Waals surface area contributed by atoms with Gasteiger partial charge in [-0.25, -0.2) is 0 Å². The lowest BCUT2D eigenvalue weighted by atomic mass is 9.73. The van der Waals surface area contributed by atoms with E-state index in [1.54, 1.807) is 0 Å². The normalized spacial score (nSPS) is 18.1. The molecule has 1 aromatic carbocycles. The molecule has 1 aliphatic carbocycles. The molecule has 1 aliphatic heterocycles. The van der Waals surface area contributed by atoms with Crippen LogP contribution in [0.2, 0.25) is 0 Å². The van der Waals surface area contributed by atoms with Crippen LogP contribution in [0.25, 0.3) is 0 Å². The van der Waals surface area contributed by atoms with Gasteiger partial charge in [0.05, 0.1) is 0 Å². The predicted molar refractivity (Wildman–Crippen MR) is 109 cm³/mol. The summed E-state index contributed by atoms with van der Waals surface area (Å²) in [5, 5.41) is 10.8. The molecule has 2 nitrogen and oxygen atoms in total. The zero-order valence-corrected chi connectivity index (χ0v) is 17.2. The van der Waals surface area contributed by atoms with Gasteiger partial charge in [0.25, 0.3) is 0 Å². The van der Waals surface area contributed by atoms with Crippen molar-refractivity contribution in [3.63, 3.8) is 0 Å². The van der Waals surface area contributed by atoms with Crippen molar-refractivity contribution in [2.45, 2.75) is 91.6 Å². The summed E-state index contributed by atoms with van der Waals surface area (Å²) < 4.78 is 6.52. The summed E-state index contributed by atoms with van der Waals surface area (Å²) in [5.41, 5.74) is 7.28. The minimum atomic E-state index is 0.0918. The van der Waals surface area contributed by atoms with Crippen LogP contribution in [0.1, 0.15) is 81.5 Å². The lowest BCUT2D eigenvalue weighted by Crippen LogP contribution is -2.46. The first-order valence-electron chi connectivity index (χ1n) is 10.1. The van der Waals surface area contributed by atoms with E-state index in [0.717, 1.165) is 54.5 Å². The highest BCUT2D eigenvalue weighted by molar-refractivity contribution is 5.59. The standard InChI is InChI=1S/C24H34O2/c1-16(2)8-6-9-17(3)10-11-20-19(5)23-21(18(4)22(20)25)12-15-24(26-23)13-7-14-24/h8,10,25H,6-7,9,11-15H2,1-5H3. The van der Waals surface area contributed by atoms with Crippen LogP contribution in [-0.4, -0.2) is 10.7 Å². The van der Waals surface area contributed by atoms with Crippen molar-refractivity contribution in [3.05, 3.63) is 45.6 Å². The average Bonchev–Trinajstić information content (AvgIpc) is 2.57. The Hall–Kier alpha value is -1.70. The maximum Gasteiger partial charge on any atom is 0.127 e. The number of hydrogen-bond donors (Lipinski definition) is 1. The van der Waals surface area contributed by atoms with E-state index < -0.39 is 0 Å². The van der Waals surface area contributed by atoms with Gasteiger partial charge in [-0.2, -0.15) is 0 Å². The smallest absolute Gasteiger partial charge is 0.127 e. The summed E-state index contributed by atoms with van der Waals surface area (Å²) in [7, 11) is 0. The zero-order valence-electron chi connectivity index (χ0n) is 17.2. The van der Waals surface area contributed by atoms with Crippen molar-refractivity contribution in [2.24, 2.45) is 0 Å². The summed E-state index contributed by atoms with van der Waals surface area (Å²) in [6, 6.07) is 0. The van der Waals surface area contributed by atoms with Gasteiger partial charge in [0.1, 0.15) is 17.1 Å². The number of benzene rings is 1. The summed E-state index contributed by atoms with van der Waals surface area (Å²) in [5.74, 6) is 1.54. The van der Waals surface area contributed by atoms with Crippen LogP contribution in [0.4, 0.5) is 0 Å². The van der Waals surface area contributed by atoms with E-state index in [4.69, 9.17) is 4.74 Å². The highest BCUT2D eigenvalue weighted by Gasteiger charge is 2.43. The topological polar surface area (TPSA) is 29.5 Å². The molecule has 0 aromatic heterocycles. The Morgan fingerprint density at radius 2 is 1.81 bits per heavy atom. The number of fused-ring (bicyclic) bond motifs is 1. The Morgan fingerprint density at radius 3 is 2.42 bits per heavy atom. The van der Waals surface area contributed by atoms with Gasteiger partial charge < -0.3 is 9.84 Å². The molecule has 26 heavy (non-hydrogen) atoms. The number of phenolic OH excluding ortho intramolecular Hbond substituents is 1. The van der Waals surface area contributed by atoms with Gasteiger partial charge in [-0.1, -0.05) is 23.3 Å². The second-order valence-corrected chi connectivity index (χ2v) is 8.60. The Balaban J connectivity index is 1.83. The summed E-state index contributed by atoms with van der Waals surface area (Å²) in [6.07, 6.45) is 13.3. The molecule has 0 radical (unpaired) electrons. The molecule has 1 fully saturated rings. The molecule has 1 spiro atoms. The number of phenols is 1. The molecular weight excluding hydrogens is 320 g/mol. The predicted octanol–water partition coefficient (Wildman–Crippen LogP) is 6.49. The fraction of sp³-hybridized carbons (Fsp3) is 0.583. The lowest BCUT2D eigenvalue weighted by Gasteiger charge is -2.46. The van der Waals surface area contributed by atoms with Crippen LogP contribution in [0, 0.1) is 13.8 Å². The van der Waals surface area contributed by atoms with Crippen LogP contribution >= 0.6 is 0 Å². The number of ether oxygens (including phenoxy) is 1. The molecule has 0 amide bonds. The van der Waals surface area contributed by atoms with Crippen LogP contribution in [0.3, 0.4) is 0 Å². The Kier molecular flexibility index (Phi) is 5.50. The third-order valence-electron chi connectivity index (χ3n) is 6.32. The summed E-state index contributed by atoms with van der Waals surface area (Å²) in [6.45, 7) is 10.6. The Labute approximate surface area is 159 Å². The van der Waals surface area contributed by atoms with Crippen LogP contribution in [0.5, 0.6) is 11.5 Å². The summed E-state index contributed by atoms with van der Waals surface area (Å²) in [4.78, 5) is 0. The first-order chi connectivity index (χ1) is 12.3. The third-order valence-corrected chi connectivity index (χ3v) is 6.32. The van der Waals surface area contributed by atoms with Crippen LogP contribution in [-0.2, 0) is 12.8 Å². The molecule has 2 heteroatoms. The minimum Gasteiger partial charge on any atom is -0.507 e. The maximum absolute atomic E-state index is 10.8. The van der Waals surface area contributed by atoms with Crippen LogP contribution < -0.4 is 4.74 Å². The minimum absolute atomic E-state index is 0.0918. The first kappa shape index (κ1) is 19.1. The van der Waals surface area contributed by atoms with E-state index in [1.165, 1.54) is 36.0 Å². The number of allylic oxidation sites excluding steroid dienone is 4. The van der Waals surface area contributed by atoms with Gasteiger partial charge >= 0.3 is 0 Å². The molecule has 1 aromatic rings. The lowest BCUT2D eigenvalue weighted by molar-refractivity contribution is -0.0258. The van der Waals surface area contributed by atoms with E-state index in [9.17, 15) is 5.11 Å². The van der Waals surface area contributed by atoms with Crippen molar-refractivity contribution in [2.75, 3.05) is 0 Å². The molecule has 0 unspecified atom stereocenters. The molecule has 2 aliphatic rings. The maximum atomic E-state index is 10.8. The largest absolute Gasteiger partial charge is 0.507 e. The van der Waals surface area contributed by atoms with Crippen molar-refractivity contribution in [1.29, 1.82) is 0 Å². The van der Waals surface area contributed by atoms with Gasteiger partial charge in [-0.15, -0.1) is 0 Å². The zero-order chi connectivity index (χ0) is 18.9. The molecule has 1 heterocycles. The molecule has 1 saturated carbocycles. The fourth-order valence-electron chi connectivity index (χ4n) is 4.28. The number of rotatable bonds is 5. The monoisotopic (exact) mass is 354 g/mol. The van der Waals surface area contributed by atoms with E-state index >= 15 is 0 Å². The van der Waals surface area contributed by atoms with E-state index in [2.05, 4.69) is 39.8 Å². The van der Waals surface area contributed by atoms with Gasteiger partial charge in [0.15, 0.2) is 0 Å². The van der Waals surface area contributed by atoms with E-state index in [1.807, 2.05) is 6.92 Å². The highest BCUT2D eigenvalue weighted by Crippen LogP contribution is 2.49. The quantitative estimate of drug-likeness (QED) is 0.612. The van der Waals surface area contributed by atoms with Gasteiger partial charge in [0.2, 0.25) is 0 Å². The van der Waals surface area contributed by atoms with Crippen molar-refractivity contribution in [1.82, 2.24) is 0 Å². The SMILES string of the molecule is CC(C)=CCCC(C)=CCc1c(C)c2c(c(C)c1O)CCC1(CCC1)O2. The van der Waals surface area contributed by atoms with Gasteiger partial charge in [0, 0.05) is 11.1 Å². The Morgan fingerprint density at radius 1 is 1.08 bits per heavy atom. The number of hydrogen-bond acceptors (Lipinski definition) is 2. The molecule has 1 N–H and O–H groups in total. The van der Waals surface area contributed by atoms with Crippen molar-refractivity contribution in [3.8, 4) is 11.5 Å². The summed E-state index contributed by atoms with van der Waals surface area (Å²) >= 11 is 0. The van der Waals surface area contributed by atoms with Crippen LogP contribution in [0.15, 0.2) is 23.3 Å². The molecule has 3 rings (SSSR count). The number of aromatic hydroxyl groups is 1. The molecule has 0 saturated heterocycles. The second kappa shape index (κ2) is 7.50. The molecule has 0 bridgehead atoms. The van der Waals surface area contributed by atoms with Crippen molar-refractivity contribution >= 4 is 0 Å². The molecule has 0 atom stereocenters. The Bertz CT molecular complexity index is 744. The van der Waals surface area contributed by atoms with Gasteiger partial charge in [-0.3, -0.25) is 0 Å². The van der Waals surface area contributed by atoms with Gasteiger partial charge in [-0.05, 0) is 97.1 Å². The third kappa shape index (κ3) is 3.70. The highest BCUT2D eigenvalue weighted by atomic mass is 16.5. The second-order valence-electron chi connectivity index (χ2n) is 8.60. The van der Waals surface area contributed by atoms with E-state index in [0.29, 0.717) is 5.75 Å². The van der Waals surface area contributed by atoms with E-state index in [-0.39, 0.29) is 5.60 Å². The molecule has 142 valence electrons.